The second kappa shape index (κ2) is 6.62. The molecule has 1 unspecified atom stereocenters. The molecular weight excluding hydrogens is 302 g/mol. The minimum absolute atomic E-state index is 0.628. The molecule has 8 heavy (non-hydrogen) atoms. The Morgan fingerprint density at radius 2 is 2.12 bits per heavy atom. The van der Waals surface area contributed by atoms with Gasteiger partial charge in [0.1, 0.15) is 0 Å². The van der Waals surface area contributed by atoms with Gasteiger partial charge >= 0.3 is 0 Å². The van der Waals surface area contributed by atoms with Crippen molar-refractivity contribution in [1.82, 2.24) is 0 Å². The predicted molar refractivity (Wildman–Crippen MR) is 51.3 cm³/mol. The molecule has 0 aromatic carbocycles. The molecule has 50 valence electrons. The van der Waals surface area contributed by atoms with Crippen LogP contribution < -0.4 is 0 Å². The van der Waals surface area contributed by atoms with E-state index in [4.69, 9.17) is 11.6 Å². The Hall–Kier alpha value is 1.50. The number of halogens is 3. The first-order chi connectivity index (χ1) is 3.77. The van der Waals surface area contributed by atoms with Gasteiger partial charge in [-0.15, -0.1) is 11.6 Å². The molecule has 0 fully saturated rings. The quantitative estimate of drug-likeness (QED) is 0.423. The Bertz CT molecular complexity index is 49.7. The summed E-state index contributed by atoms with van der Waals surface area (Å²) in [5.41, 5.74) is 0. The number of hydrogen-bond donors (Lipinski definition) is 0. The first-order valence-corrected chi connectivity index (χ1v) is 5.31. The average Bonchev–Trinajstić information content (AvgIpc) is 1.66. The SMILES string of the molecule is ClCCCCC(Br)I. The Labute approximate surface area is 77.6 Å². The summed E-state index contributed by atoms with van der Waals surface area (Å²) >= 11 is 11.3. The van der Waals surface area contributed by atoms with Gasteiger partial charge in [-0.05, 0) is 12.8 Å². The van der Waals surface area contributed by atoms with Crippen molar-refractivity contribution >= 4 is 50.1 Å². The van der Waals surface area contributed by atoms with Crippen LogP contribution in [0.2, 0.25) is 0 Å². The summed E-state index contributed by atoms with van der Waals surface area (Å²) in [7, 11) is 0. The molecule has 0 aromatic rings. The molecule has 0 radical (unpaired) electrons. The molecule has 0 aliphatic carbocycles. The van der Waals surface area contributed by atoms with E-state index in [0.717, 1.165) is 12.3 Å². The van der Waals surface area contributed by atoms with Crippen molar-refractivity contribution in [1.29, 1.82) is 0 Å². The fourth-order valence-corrected chi connectivity index (χ4v) is 1.35. The average molecular weight is 311 g/mol. The predicted octanol–water partition coefficient (Wildman–Crippen LogP) is 3.55. The molecule has 0 spiro atoms. The van der Waals surface area contributed by atoms with Gasteiger partial charge in [0, 0.05) is 5.88 Å². The highest BCUT2D eigenvalue weighted by Crippen LogP contribution is 2.16. The van der Waals surface area contributed by atoms with E-state index in [9.17, 15) is 0 Å². The molecule has 0 saturated heterocycles. The zero-order valence-corrected chi connectivity index (χ0v) is 9.04. The molecule has 0 bridgehead atoms. The number of rotatable bonds is 4. The lowest BCUT2D eigenvalue weighted by molar-refractivity contribution is 0.778. The Morgan fingerprint density at radius 3 is 2.50 bits per heavy atom. The summed E-state index contributed by atoms with van der Waals surface area (Å²) in [6, 6.07) is 0. The first kappa shape index (κ1) is 9.50. The Morgan fingerprint density at radius 1 is 1.50 bits per heavy atom. The van der Waals surface area contributed by atoms with E-state index in [1.54, 1.807) is 0 Å². The van der Waals surface area contributed by atoms with Gasteiger partial charge in [-0.1, -0.05) is 44.9 Å². The molecule has 0 saturated carbocycles. The number of alkyl halides is 3. The molecule has 0 heterocycles. The molecule has 0 amide bonds. The molecule has 0 aliphatic rings. The summed E-state index contributed by atoms with van der Waals surface area (Å²) < 4.78 is 0.628. The molecule has 0 aromatic heterocycles. The van der Waals surface area contributed by atoms with Crippen LogP contribution in [0.15, 0.2) is 0 Å². The molecular formula is C5H9BrClI. The summed E-state index contributed by atoms with van der Waals surface area (Å²) in [5.74, 6) is 0.802. The van der Waals surface area contributed by atoms with Gasteiger partial charge < -0.3 is 0 Å². The van der Waals surface area contributed by atoms with E-state index >= 15 is 0 Å². The van der Waals surface area contributed by atoms with Gasteiger partial charge in [-0.3, -0.25) is 0 Å². The maximum Gasteiger partial charge on any atom is 0.0662 e. The van der Waals surface area contributed by atoms with Gasteiger partial charge in [-0.25, -0.2) is 0 Å². The van der Waals surface area contributed by atoms with Crippen molar-refractivity contribution in [3.8, 4) is 0 Å². The van der Waals surface area contributed by atoms with Crippen molar-refractivity contribution in [2.75, 3.05) is 5.88 Å². The summed E-state index contributed by atoms with van der Waals surface area (Å²) in [4.78, 5) is 0. The van der Waals surface area contributed by atoms with Crippen molar-refractivity contribution in [3.63, 3.8) is 0 Å². The third-order valence-corrected chi connectivity index (χ3v) is 2.15. The van der Waals surface area contributed by atoms with Crippen molar-refractivity contribution in [2.24, 2.45) is 0 Å². The standard InChI is InChI=1S/C5H9BrClI/c6-5(8)3-1-2-4-7/h5H,1-4H2. The highest BCUT2D eigenvalue weighted by Gasteiger charge is 1.94. The zero-order valence-electron chi connectivity index (χ0n) is 4.54. The van der Waals surface area contributed by atoms with Crippen LogP contribution in [-0.2, 0) is 0 Å². The van der Waals surface area contributed by atoms with E-state index in [1.165, 1.54) is 12.8 Å². The van der Waals surface area contributed by atoms with Crippen LogP contribution in [-0.4, -0.2) is 8.71 Å². The highest BCUT2D eigenvalue weighted by molar-refractivity contribution is 14.1. The number of unbranched alkanes of at least 4 members (excludes halogenated alkanes) is 1. The van der Waals surface area contributed by atoms with E-state index in [-0.39, 0.29) is 0 Å². The van der Waals surface area contributed by atoms with E-state index < -0.39 is 0 Å². The molecule has 0 aliphatic heterocycles. The first-order valence-electron chi connectivity index (χ1n) is 2.61. The maximum absolute atomic E-state index is 5.47. The van der Waals surface area contributed by atoms with Crippen LogP contribution in [0, 0.1) is 0 Å². The van der Waals surface area contributed by atoms with Gasteiger partial charge in [0.05, 0.1) is 2.83 Å². The number of hydrogen-bond acceptors (Lipinski definition) is 0. The van der Waals surface area contributed by atoms with Crippen molar-refractivity contribution < 1.29 is 0 Å². The van der Waals surface area contributed by atoms with Gasteiger partial charge in [0.25, 0.3) is 0 Å². The lowest BCUT2D eigenvalue weighted by atomic mass is 10.3. The Balaban J connectivity index is 2.72. The minimum Gasteiger partial charge on any atom is -0.127 e. The van der Waals surface area contributed by atoms with Gasteiger partial charge in [0.2, 0.25) is 0 Å². The molecule has 0 rings (SSSR count). The van der Waals surface area contributed by atoms with Crippen LogP contribution in [0.5, 0.6) is 0 Å². The largest absolute Gasteiger partial charge is 0.127 e. The third kappa shape index (κ3) is 7.50. The van der Waals surface area contributed by atoms with Crippen LogP contribution in [0.1, 0.15) is 19.3 Å². The van der Waals surface area contributed by atoms with E-state index in [1.807, 2.05) is 0 Å². The molecule has 0 nitrogen and oxygen atoms in total. The van der Waals surface area contributed by atoms with E-state index in [0.29, 0.717) is 2.83 Å². The lowest BCUT2D eigenvalue weighted by Gasteiger charge is -1.96. The second-order valence-electron chi connectivity index (χ2n) is 1.58. The van der Waals surface area contributed by atoms with Crippen LogP contribution in [0.4, 0.5) is 0 Å². The van der Waals surface area contributed by atoms with Crippen LogP contribution in [0.3, 0.4) is 0 Å². The van der Waals surface area contributed by atoms with Gasteiger partial charge in [0.15, 0.2) is 0 Å². The minimum atomic E-state index is 0.628. The monoisotopic (exact) mass is 310 g/mol. The van der Waals surface area contributed by atoms with Gasteiger partial charge in [-0.2, -0.15) is 0 Å². The second-order valence-corrected chi connectivity index (χ2v) is 6.27. The van der Waals surface area contributed by atoms with Crippen LogP contribution in [0.25, 0.3) is 0 Å². The topological polar surface area (TPSA) is 0 Å². The zero-order chi connectivity index (χ0) is 6.41. The molecule has 3 heteroatoms. The smallest absolute Gasteiger partial charge is 0.0662 e. The molecule has 0 N–H and O–H groups in total. The van der Waals surface area contributed by atoms with Crippen molar-refractivity contribution in [2.45, 2.75) is 22.1 Å². The van der Waals surface area contributed by atoms with Crippen molar-refractivity contribution in [3.05, 3.63) is 0 Å². The molecule has 1 atom stereocenters. The van der Waals surface area contributed by atoms with Crippen LogP contribution >= 0.6 is 50.1 Å². The van der Waals surface area contributed by atoms with E-state index in [2.05, 4.69) is 38.5 Å². The third-order valence-electron chi connectivity index (χ3n) is 0.806. The summed E-state index contributed by atoms with van der Waals surface area (Å²) in [5, 5.41) is 0. The fraction of sp³-hybridized carbons (Fsp3) is 1.00. The summed E-state index contributed by atoms with van der Waals surface area (Å²) in [6.07, 6.45) is 3.61. The summed E-state index contributed by atoms with van der Waals surface area (Å²) in [6.45, 7) is 0. The Kier molecular flexibility index (Phi) is 7.86. The lowest BCUT2D eigenvalue weighted by Crippen LogP contribution is -1.84. The fourth-order valence-electron chi connectivity index (χ4n) is 0.393. The maximum atomic E-state index is 5.47. The normalized spacial score (nSPS) is 13.9. The highest BCUT2D eigenvalue weighted by atomic mass is 127.